The minimum atomic E-state index is -0.510. The van der Waals surface area contributed by atoms with Crippen molar-refractivity contribution in [3.8, 4) is 23.0 Å². The average Bonchev–Trinajstić information content (AvgIpc) is 3.01. The number of nitrogens with zero attached hydrogens (tertiary/aromatic N) is 2. The molecular formula is C34H46N4O6. The lowest BCUT2D eigenvalue weighted by Crippen LogP contribution is -2.27. The van der Waals surface area contributed by atoms with E-state index in [1.807, 2.05) is 62.6 Å². The van der Waals surface area contributed by atoms with Gasteiger partial charge in [0.15, 0.2) is 0 Å². The zero-order valence-electron chi connectivity index (χ0n) is 26.3. The Morgan fingerprint density at radius 1 is 0.659 bits per heavy atom. The van der Waals surface area contributed by atoms with E-state index in [-0.39, 0.29) is 22.6 Å². The number of phenolic OH excluding ortho intramolecular Hbond substituents is 2. The fraction of sp³-hybridized carbons (Fsp3) is 0.412. The topological polar surface area (TPSA) is 124 Å². The number of amides is 2. The molecule has 10 nitrogen and oxygen atoms in total. The highest BCUT2D eigenvalue weighted by molar-refractivity contribution is 6.02. The molecule has 2 amide bonds. The van der Waals surface area contributed by atoms with Crippen molar-refractivity contribution in [3.05, 3.63) is 82.9 Å². The molecule has 0 aliphatic heterocycles. The van der Waals surface area contributed by atoms with Crippen molar-refractivity contribution in [2.24, 2.45) is 0 Å². The van der Waals surface area contributed by atoms with Crippen molar-refractivity contribution >= 4 is 11.8 Å². The Morgan fingerprint density at radius 3 is 1.43 bits per heavy atom. The van der Waals surface area contributed by atoms with E-state index in [9.17, 15) is 19.8 Å². The van der Waals surface area contributed by atoms with Crippen molar-refractivity contribution < 1.29 is 29.3 Å². The molecule has 3 rings (SSSR count). The molecule has 0 saturated heterocycles. The zero-order valence-corrected chi connectivity index (χ0v) is 26.3. The number of para-hydroxylation sites is 2. The monoisotopic (exact) mass is 606 g/mol. The van der Waals surface area contributed by atoms with E-state index in [4.69, 9.17) is 9.47 Å². The fourth-order valence-corrected chi connectivity index (χ4v) is 4.96. The third kappa shape index (κ3) is 10.5. The lowest BCUT2D eigenvalue weighted by atomic mass is 10.1. The maximum absolute atomic E-state index is 12.6. The molecule has 0 fully saturated rings. The molecule has 0 bridgehead atoms. The molecule has 44 heavy (non-hydrogen) atoms. The van der Waals surface area contributed by atoms with Crippen molar-refractivity contribution in [3.63, 3.8) is 0 Å². The molecule has 0 unspecified atom stereocenters. The van der Waals surface area contributed by atoms with Crippen molar-refractivity contribution in [2.45, 2.75) is 38.8 Å². The number of hydrogen-bond acceptors (Lipinski definition) is 8. The number of rotatable bonds is 18. The average molecular weight is 607 g/mol. The van der Waals surface area contributed by atoms with E-state index in [2.05, 4.69) is 20.4 Å². The van der Waals surface area contributed by atoms with E-state index in [1.165, 1.54) is 0 Å². The number of phenols is 2. The standard InChI is InChI=1S/C34H46N4O6/c1-37(23-25-13-5-7-15-31(25)43-3)19-11-9-17-35-33(41)27-21-30(40)28(22-29(27)39)34(42)36-18-10-12-20-38(2)24-26-14-6-8-16-32(26)44-4/h5-8,13-16,21-22,39-40H,9-12,17-20,23-24H2,1-4H3,(H,35,41)(H,36,42). The first-order chi connectivity index (χ1) is 21.2. The fourth-order valence-electron chi connectivity index (χ4n) is 4.96. The van der Waals surface area contributed by atoms with Crippen molar-refractivity contribution in [1.29, 1.82) is 0 Å². The van der Waals surface area contributed by atoms with Gasteiger partial charge in [-0.2, -0.15) is 0 Å². The van der Waals surface area contributed by atoms with Crippen LogP contribution in [0.2, 0.25) is 0 Å². The van der Waals surface area contributed by atoms with Crippen LogP contribution < -0.4 is 20.1 Å². The largest absolute Gasteiger partial charge is 0.507 e. The number of methoxy groups -OCH3 is 2. The molecule has 3 aromatic rings. The second-order valence-corrected chi connectivity index (χ2v) is 10.9. The van der Waals surface area contributed by atoms with Crippen LogP contribution in [0.4, 0.5) is 0 Å². The van der Waals surface area contributed by atoms with Crippen LogP contribution >= 0.6 is 0 Å². The number of hydrogen-bond donors (Lipinski definition) is 4. The Kier molecular flexibility index (Phi) is 13.8. The second-order valence-electron chi connectivity index (χ2n) is 10.9. The van der Waals surface area contributed by atoms with Crippen LogP contribution in [-0.4, -0.2) is 86.3 Å². The normalized spacial score (nSPS) is 11.0. The highest BCUT2D eigenvalue weighted by atomic mass is 16.5. The zero-order chi connectivity index (χ0) is 31.9. The summed E-state index contributed by atoms with van der Waals surface area (Å²) in [6.45, 7) is 4.01. The van der Waals surface area contributed by atoms with Gasteiger partial charge < -0.3 is 40.1 Å². The van der Waals surface area contributed by atoms with Crippen LogP contribution in [0.5, 0.6) is 23.0 Å². The molecule has 238 valence electrons. The molecular weight excluding hydrogens is 560 g/mol. The van der Waals surface area contributed by atoms with Gasteiger partial charge in [-0.3, -0.25) is 9.59 Å². The number of unbranched alkanes of at least 4 members (excludes halogenated alkanes) is 2. The SMILES string of the molecule is COc1ccccc1CN(C)CCCCNC(=O)c1cc(O)c(C(=O)NCCCCN(C)Cc2ccccc2OC)cc1O. The van der Waals surface area contributed by atoms with Crippen LogP contribution in [-0.2, 0) is 13.1 Å². The Bertz CT molecular complexity index is 1260. The number of carbonyl (C=O) groups is 2. The number of ether oxygens (including phenoxy) is 2. The van der Waals surface area contributed by atoms with Gasteiger partial charge in [0.05, 0.1) is 25.3 Å². The number of nitrogens with one attached hydrogen (secondary N) is 2. The summed E-state index contributed by atoms with van der Waals surface area (Å²) in [7, 11) is 7.39. The minimum absolute atomic E-state index is 0.0783. The summed E-state index contributed by atoms with van der Waals surface area (Å²) in [5.41, 5.74) is 2.07. The summed E-state index contributed by atoms with van der Waals surface area (Å²) >= 11 is 0. The van der Waals surface area contributed by atoms with Crippen LogP contribution in [0.3, 0.4) is 0 Å². The van der Waals surface area contributed by atoms with Gasteiger partial charge in [0.1, 0.15) is 23.0 Å². The molecule has 3 aromatic carbocycles. The molecule has 0 atom stereocenters. The van der Waals surface area contributed by atoms with E-state index in [0.29, 0.717) is 13.1 Å². The van der Waals surface area contributed by atoms with Gasteiger partial charge in [-0.05, 0) is 77.1 Å². The lowest BCUT2D eigenvalue weighted by Gasteiger charge is -2.18. The number of aromatic hydroxyl groups is 2. The highest BCUT2D eigenvalue weighted by Gasteiger charge is 2.19. The molecule has 0 saturated carbocycles. The Morgan fingerprint density at radius 2 is 1.05 bits per heavy atom. The van der Waals surface area contributed by atoms with Crippen molar-refractivity contribution in [2.75, 3.05) is 54.5 Å². The van der Waals surface area contributed by atoms with E-state index in [0.717, 1.165) is 86.6 Å². The second kappa shape index (κ2) is 17.7. The van der Waals surface area contributed by atoms with Gasteiger partial charge >= 0.3 is 0 Å². The summed E-state index contributed by atoms with van der Waals surface area (Å²) in [5.74, 6) is -0.0229. The van der Waals surface area contributed by atoms with Gasteiger partial charge in [-0.1, -0.05) is 36.4 Å². The first-order valence-corrected chi connectivity index (χ1v) is 15.0. The third-order valence-corrected chi connectivity index (χ3v) is 7.37. The number of carbonyl (C=O) groups excluding carboxylic acids is 2. The highest BCUT2D eigenvalue weighted by Crippen LogP contribution is 2.27. The molecule has 0 aromatic heterocycles. The van der Waals surface area contributed by atoms with Gasteiger partial charge in [0, 0.05) is 37.3 Å². The Balaban J connectivity index is 1.36. The quantitative estimate of drug-likeness (QED) is 0.124. The van der Waals surface area contributed by atoms with Crippen LogP contribution in [0.25, 0.3) is 0 Å². The molecule has 4 N–H and O–H groups in total. The summed E-state index contributed by atoms with van der Waals surface area (Å²) in [4.78, 5) is 29.7. The maximum Gasteiger partial charge on any atom is 0.255 e. The van der Waals surface area contributed by atoms with Gasteiger partial charge in [0.2, 0.25) is 0 Å². The maximum atomic E-state index is 12.6. The van der Waals surface area contributed by atoms with E-state index >= 15 is 0 Å². The molecule has 0 heterocycles. The summed E-state index contributed by atoms with van der Waals surface area (Å²) < 4.78 is 10.8. The lowest BCUT2D eigenvalue weighted by molar-refractivity contribution is 0.0935. The van der Waals surface area contributed by atoms with E-state index < -0.39 is 11.8 Å². The van der Waals surface area contributed by atoms with Gasteiger partial charge in [-0.25, -0.2) is 0 Å². The third-order valence-electron chi connectivity index (χ3n) is 7.37. The summed E-state index contributed by atoms with van der Waals surface area (Å²) in [6, 6.07) is 18.1. The predicted molar refractivity (Wildman–Crippen MR) is 172 cm³/mol. The molecule has 0 aliphatic carbocycles. The van der Waals surface area contributed by atoms with Crippen LogP contribution in [0.15, 0.2) is 60.7 Å². The van der Waals surface area contributed by atoms with Crippen molar-refractivity contribution in [1.82, 2.24) is 20.4 Å². The first kappa shape index (κ1) is 34.2. The molecule has 0 radical (unpaired) electrons. The summed E-state index contributed by atoms with van der Waals surface area (Å²) in [5, 5.41) is 26.4. The van der Waals surface area contributed by atoms with Gasteiger partial charge in [0.25, 0.3) is 11.8 Å². The predicted octanol–water partition coefficient (Wildman–Crippen LogP) is 4.40. The Hall–Kier alpha value is -4.28. The smallest absolute Gasteiger partial charge is 0.255 e. The minimum Gasteiger partial charge on any atom is -0.507 e. The molecule has 0 spiro atoms. The first-order valence-electron chi connectivity index (χ1n) is 15.0. The molecule has 10 heteroatoms. The van der Waals surface area contributed by atoms with E-state index in [1.54, 1.807) is 14.2 Å². The Labute approximate surface area is 260 Å². The molecule has 0 aliphatic rings. The summed E-state index contributed by atoms with van der Waals surface area (Å²) in [6.07, 6.45) is 3.21. The van der Waals surface area contributed by atoms with Gasteiger partial charge in [-0.15, -0.1) is 0 Å². The number of benzene rings is 3. The van der Waals surface area contributed by atoms with Crippen LogP contribution in [0.1, 0.15) is 57.5 Å². The van der Waals surface area contributed by atoms with Crippen LogP contribution in [0, 0.1) is 0 Å².